The van der Waals surface area contributed by atoms with Crippen LogP contribution in [0.4, 0.5) is 5.82 Å². The fraction of sp³-hybridized carbons (Fsp3) is 0.429. The zero-order chi connectivity index (χ0) is 13.4. The Kier molecular flexibility index (Phi) is 3.31. The van der Waals surface area contributed by atoms with Crippen molar-refractivity contribution in [3.8, 4) is 11.6 Å². The predicted octanol–water partition coefficient (Wildman–Crippen LogP) is 4.12. The Morgan fingerprint density at radius 2 is 2.16 bits per heavy atom. The number of aryl methyl sites for hydroxylation is 1. The first-order valence-corrected chi connectivity index (χ1v) is 7.36. The van der Waals surface area contributed by atoms with E-state index in [9.17, 15) is 0 Å². The van der Waals surface area contributed by atoms with Gasteiger partial charge in [-0.3, -0.25) is 0 Å². The summed E-state index contributed by atoms with van der Waals surface area (Å²) in [5.74, 6) is 3.67. The normalized spacial score (nSPS) is 14.7. The molecule has 0 bridgehead atoms. The highest BCUT2D eigenvalue weighted by atomic mass is 79.9. The molecule has 1 aliphatic rings. The van der Waals surface area contributed by atoms with E-state index in [1.165, 1.54) is 12.8 Å². The quantitative estimate of drug-likeness (QED) is 0.920. The van der Waals surface area contributed by atoms with Gasteiger partial charge in [-0.2, -0.15) is 0 Å². The van der Waals surface area contributed by atoms with E-state index in [1.54, 1.807) is 0 Å². The molecule has 1 saturated carbocycles. The molecule has 0 saturated heterocycles. The Balaban J connectivity index is 2.08. The molecule has 0 amide bonds. The maximum Gasteiger partial charge on any atom is 0.197 e. The Morgan fingerprint density at radius 1 is 1.37 bits per heavy atom. The molecule has 0 aliphatic heterocycles. The second kappa shape index (κ2) is 4.96. The average molecular weight is 322 g/mol. The van der Waals surface area contributed by atoms with Gasteiger partial charge in [0.15, 0.2) is 11.6 Å². The van der Waals surface area contributed by atoms with Gasteiger partial charge in [-0.15, -0.1) is 0 Å². The molecule has 4 nitrogen and oxygen atoms in total. The molecule has 3 rings (SSSR count). The van der Waals surface area contributed by atoms with Crippen molar-refractivity contribution in [2.75, 3.05) is 11.9 Å². The van der Waals surface area contributed by atoms with Crippen molar-refractivity contribution in [2.45, 2.75) is 32.6 Å². The summed E-state index contributed by atoms with van der Waals surface area (Å²) in [7, 11) is 0. The van der Waals surface area contributed by atoms with Crippen LogP contribution in [0, 0.1) is 6.92 Å². The lowest BCUT2D eigenvalue weighted by Crippen LogP contribution is -2.05. The molecule has 0 aromatic carbocycles. The van der Waals surface area contributed by atoms with Crippen LogP contribution in [0.3, 0.4) is 0 Å². The standard InChI is InChI=1S/C14H16BrN3O/c1-3-16-14-11(15)12(9-5-6-9)17-13(18-14)10-7-4-8(2)19-10/h4,7,9H,3,5-6H2,1-2H3,(H,16,17,18). The number of aromatic nitrogens is 2. The van der Waals surface area contributed by atoms with Crippen LogP contribution in [-0.2, 0) is 0 Å². The van der Waals surface area contributed by atoms with E-state index in [4.69, 9.17) is 4.42 Å². The van der Waals surface area contributed by atoms with Crippen molar-refractivity contribution in [1.82, 2.24) is 9.97 Å². The van der Waals surface area contributed by atoms with Gasteiger partial charge in [0.2, 0.25) is 0 Å². The van der Waals surface area contributed by atoms with Gasteiger partial charge in [-0.25, -0.2) is 9.97 Å². The van der Waals surface area contributed by atoms with Crippen LogP contribution >= 0.6 is 15.9 Å². The number of hydrogen-bond acceptors (Lipinski definition) is 4. The van der Waals surface area contributed by atoms with Gasteiger partial charge in [0.1, 0.15) is 11.6 Å². The van der Waals surface area contributed by atoms with Gasteiger partial charge in [-0.1, -0.05) is 0 Å². The molecule has 0 unspecified atom stereocenters. The van der Waals surface area contributed by atoms with Crippen molar-refractivity contribution >= 4 is 21.7 Å². The van der Waals surface area contributed by atoms with E-state index in [1.807, 2.05) is 19.1 Å². The second-order valence-corrected chi connectivity index (χ2v) is 5.60. The van der Waals surface area contributed by atoms with Gasteiger partial charge in [-0.05, 0) is 54.8 Å². The van der Waals surface area contributed by atoms with Crippen molar-refractivity contribution in [3.05, 3.63) is 28.1 Å². The zero-order valence-electron chi connectivity index (χ0n) is 11.0. The number of nitrogens with zero attached hydrogens (tertiary/aromatic N) is 2. The van der Waals surface area contributed by atoms with Crippen molar-refractivity contribution in [3.63, 3.8) is 0 Å². The summed E-state index contributed by atoms with van der Waals surface area (Å²) in [6, 6.07) is 3.86. The Hall–Kier alpha value is -1.36. The summed E-state index contributed by atoms with van der Waals surface area (Å²) in [5.41, 5.74) is 1.09. The minimum atomic E-state index is 0.560. The molecule has 5 heteroatoms. The highest BCUT2D eigenvalue weighted by molar-refractivity contribution is 9.10. The number of nitrogens with one attached hydrogen (secondary N) is 1. The molecule has 2 aromatic heterocycles. The van der Waals surface area contributed by atoms with Gasteiger partial charge in [0.05, 0.1) is 10.2 Å². The molecule has 0 radical (unpaired) electrons. The van der Waals surface area contributed by atoms with E-state index in [-0.39, 0.29) is 0 Å². The van der Waals surface area contributed by atoms with Crippen molar-refractivity contribution < 1.29 is 4.42 Å². The lowest BCUT2D eigenvalue weighted by atomic mass is 10.2. The summed E-state index contributed by atoms with van der Waals surface area (Å²) in [6.07, 6.45) is 2.41. The molecular formula is C14H16BrN3O. The van der Waals surface area contributed by atoms with E-state index >= 15 is 0 Å². The van der Waals surface area contributed by atoms with Gasteiger partial charge < -0.3 is 9.73 Å². The third kappa shape index (κ3) is 2.52. The fourth-order valence-corrected chi connectivity index (χ4v) is 2.68. The molecule has 19 heavy (non-hydrogen) atoms. The van der Waals surface area contributed by atoms with Crippen LogP contribution in [0.1, 0.15) is 37.1 Å². The maximum atomic E-state index is 5.63. The third-order valence-electron chi connectivity index (χ3n) is 3.15. The number of rotatable bonds is 4. The smallest absolute Gasteiger partial charge is 0.197 e. The molecule has 0 spiro atoms. The van der Waals surface area contributed by atoms with Gasteiger partial charge >= 0.3 is 0 Å². The molecule has 0 atom stereocenters. The van der Waals surface area contributed by atoms with Crippen molar-refractivity contribution in [2.24, 2.45) is 0 Å². The highest BCUT2D eigenvalue weighted by Crippen LogP contribution is 2.44. The summed E-state index contributed by atoms with van der Waals surface area (Å²) in [6.45, 7) is 4.81. The lowest BCUT2D eigenvalue weighted by Gasteiger charge is -2.10. The number of halogens is 1. The van der Waals surface area contributed by atoms with Crippen LogP contribution in [0.5, 0.6) is 0 Å². The fourth-order valence-electron chi connectivity index (χ4n) is 2.04. The lowest BCUT2D eigenvalue weighted by molar-refractivity contribution is 0.543. The van der Waals surface area contributed by atoms with Crippen LogP contribution in [0.25, 0.3) is 11.6 Å². The van der Waals surface area contributed by atoms with Crippen LogP contribution in [0.2, 0.25) is 0 Å². The summed E-state index contributed by atoms with van der Waals surface area (Å²) in [4.78, 5) is 9.22. The molecule has 1 fully saturated rings. The highest BCUT2D eigenvalue weighted by Gasteiger charge is 2.29. The number of hydrogen-bond donors (Lipinski definition) is 1. The number of anilines is 1. The largest absolute Gasteiger partial charge is 0.458 e. The molecule has 2 heterocycles. The number of furan rings is 1. The topological polar surface area (TPSA) is 51.0 Å². The molecule has 1 N–H and O–H groups in total. The van der Waals surface area contributed by atoms with E-state index < -0.39 is 0 Å². The third-order valence-corrected chi connectivity index (χ3v) is 3.93. The predicted molar refractivity (Wildman–Crippen MR) is 78.3 cm³/mol. The monoisotopic (exact) mass is 321 g/mol. The first-order chi connectivity index (χ1) is 9.19. The maximum absolute atomic E-state index is 5.63. The van der Waals surface area contributed by atoms with Gasteiger partial charge in [0.25, 0.3) is 0 Å². The Morgan fingerprint density at radius 3 is 2.74 bits per heavy atom. The second-order valence-electron chi connectivity index (χ2n) is 4.81. The first kappa shape index (κ1) is 12.7. The van der Waals surface area contributed by atoms with Gasteiger partial charge in [0, 0.05) is 12.5 Å². The zero-order valence-corrected chi connectivity index (χ0v) is 12.6. The van der Waals surface area contributed by atoms with Crippen LogP contribution in [0.15, 0.2) is 21.0 Å². The van der Waals surface area contributed by atoms with E-state index in [0.29, 0.717) is 11.7 Å². The SMILES string of the molecule is CCNc1nc(-c2ccc(C)o2)nc(C2CC2)c1Br. The Labute approximate surface area is 120 Å². The summed E-state index contributed by atoms with van der Waals surface area (Å²) >= 11 is 3.62. The van der Waals surface area contributed by atoms with Crippen LogP contribution in [-0.4, -0.2) is 16.5 Å². The minimum absolute atomic E-state index is 0.560. The van der Waals surface area contributed by atoms with Crippen molar-refractivity contribution in [1.29, 1.82) is 0 Å². The summed E-state index contributed by atoms with van der Waals surface area (Å²) in [5, 5.41) is 3.28. The first-order valence-electron chi connectivity index (χ1n) is 6.57. The molecule has 100 valence electrons. The molecular weight excluding hydrogens is 306 g/mol. The van der Waals surface area contributed by atoms with Crippen LogP contribution < -0.4 is 5.32 Å². The molecule has 1 aliphatic carbocycles. The van der Waals surface area contributed by atoms with E-state index in [0.717, 1.165) is 34.0 Å². The Bertz CT molecular complexity index is 605. The summed E-state index contributed by atoms with van der Waals surface area (Å²) < 4.78 is 6.62. The average Bonchev–Trinajstić information content (AvgIpc) is 3.14. The van der Waals surface area contributed by atoms with E-state index in [2.05, 4.69) is 38.1 Å². The molecule has 2 aromatic rings. The minimum Gasteiger partial charge on any atom is -0.458 e.